The van der Waals surface area contributed by atoms with E-state index in [2.05, 4.69) is 111 Å². The van der Waals surface area contributed by atoms with Crippen LogP contribution in [0.1, 0.15) is 211 Å². The zero-order chi connectivity index (χ0) is 49.0. The summed E-state index contributed by atoms with van der Waals surface area (Å²) < 4.78 is 18.5. The molecule has 2 aromatic rings. The van der Waals surface area contributed by atoms with Gasteiger partial charge < -0.3 is 30.6 Å². The number of fused-ring (bicyclic) bond motifs is 3. The van der Waals surface area contributed by atoms with E-state index in [1.165, 1.54) is 125 Å². The van der Waals surface area contributed by atoms with E-state index in [1.54, 1.807) is 4.90 Å². The van der Waals surface area contributed by atoms with Gasteiger partial charge in [0.25, 0.3) is 5.91 Å². The fourth-order valence-electron chi connectivity index (χ4n) is 9.97. The average molecular weight is 950 g/mol. The number of likely N-dealkylation sites (tertiary alicyclic amines) is 1. The van der Waals surface area contributed by atoms with Crippen molar-refractivity contribution in [1.29, 1.82) is 0 Å². The Labute approximate surface area is 420 Å². The predicted molar refractivity (Wildman–Crippen MR) is 289 cm³/mol. The zero-order valence-electron chi connectivity index (χ0n) is 43.4. The first-order valence-corrected chi connectivity index (χ1v) is 27.9. The summed E-state index contributed by atoms with van der Waals surface area (Å²) in [5.74, 6) is -0.00142. The number of carbonyl (C=O) groups is 2. The van der Waals surface area contributed by atoms with Crippen LogP contribution in [0.25, 0.3) is 11.1 Å². The molecule has 0 spiro atoms. The molecule has 8 heteroatoms. The second-order valence-electron chi connectivity index (χ2n) is 19.8. The molecule has 0 saturated carbocycles. The molecule has 0 radical (unpaired) electrons. The minimum Gasteiger partial charge on any atom is -0.436 e. The van der Waals surface area contributed by atoms with Crippen LogP contribution < -0.4 is 11.5 Å². The lowest BCUT2D eigenvalue weighted by Crippen LogP contribution is -2.42. The quantitative estimate of drug-likeness (QED) is 0.0508. The minimum absolute atomic E-state index is 0.0833. The number of benzene rings is 2. The van der Waals surface area contributed by atoms with Gasteiger partial charge in [0.05, 0.1) is 0 Å². The minimum atomic E-state index is -0.970. The third-order valence-corrected chi connectivity index (χ3v) is 14.0. The van der Waals surface area contributed by atoms with E-state index in [0.717, 1.165) is 57.8 Å². The van der Waals surface area contributed by atoms with E-state index in [1.807, 2.05) is 0 Å². The van der Waals surface area contributed by atoms with E-state index in [9.17, 15) is 9.59 Å². The van der Waals surface area contributed by atoms with Crippen molar-refractivity contribution in [2.24, 2.45) is 11.5 Å². The molecular formula is C61H95N3O5. The van der Waals surface area contributed by atoms with E-state index >= 15 is 0 Å². The molecule has 69 heavy (non-hydrogen) atoms. The van der Waals surface area contributed by atoms with Crippen LogP contribution in [0.15, 0.2) is 97.1 Å². The Morgan fingerprint density at radius 3 is 1.43 bits per heavy atom. The fraction of sp³-hybridized carbons (Fsp3) is 0.639. The van der Waals surface area contributed by atoms with Gasteiger partial charge in [-0.2, -0.15) is 0 Å². The monoisotopic (exact) mass is 950 g/mol. The molecule has 8 nitrogen and oxygen atoms in total. The van der Waals surface area contributed by atoms with Crippen LogP contribution in [0.4, 0.5) is 4.79 Å². The van der Waals surface area contributed by atoms with Gasteiger partial charge in [-0.3, -0.25) is 4.79 Å². The van der Waals surface area contributed by atoms with E-state index in [0.29, 0.717) is 45.6 Å². The van der Waals surface area contributed by atoms with Crippen LogP contribution >= 0.6 is 0 Å². The highest BCUT2D eigenvalue weighted by Gasteiger charge is 2.40. The third-order valence-electron chi connectivity index (χ3n) is 14.0. The molecule has 384 valence electrons. The first-order chi connectivity index (χ1) is 33.9. The van der Waals surface area contributed by atoms with Gasteiger partial charge in [0, 0.05) is 38.3 Å². The average Bonchev–Trinajstić information content (AvgIpc) is 3.91. The first kappa shape index (κ1) is 57.6. The highest BCUT2D eigenvalue weighted by molar-refractivity contribution is 5.83. The number of allylic oxidation sites excluding steroid dienone is 8. The first-order valence-electron chi connectivity index (χ1n) is 27.9. The Morgan fingerprint density at radius 1 is 0.565 bits per heavy atom. The van der Waals surface area contributed by atoms with Gasteiger partial charge in [0.15, 0.2) is 6.10 Å². The number of rotatable bonds is 40. The zero-order valence-corrected chi connectivity index (χ0v) is 43.4. The van der Waals surface area contributed by atoms with Crippen LogP contribution in [0.3, 0.4) is 0 Å². The molecule has 2 aromatic carbocycles. The van der Waals surface area contributed by atoms with Gasteiger partial charge in [0.1, 0.15) is 12.2 Å². The van der Waals surface area contributed by atoms with Crippen LogP contribution in [0.2, 0.25) is 0 Å². The molecule has 4 rings (SSSR count). The van der Waals surface area contributed by atoms with E-state index in [-0.39, 0.29) is 30.1 Å². The third kappa shape index (κ3) is 23.7. The van der Waals surface area contributed by atoms with Crippen LogP contribution in [-0.4, -0.2) is 67.6 Å². The number of ether oxygens (including phenoxy) is 3. The summed E-state index contributed by atoms with van der Waals surface area (Å²) in [6, 6.07) is 17.1. The summed E-state index contributed by atoms with van der Waals surface area (Å²) in [4.78, 5) is 28.0. The van der Waals surface area contributed by atoms with Crippen LogP contribution in [0.5, 0.6) is 0 Å². The molecule has 4 atom stereocenters. The molecule has 1 aliphatic carbocycles. The number of carbonyl (C=O) groups excluding carboxylic acids is 2. The Hall–Kier alpha value is -3.98. The predicted octanol–water partition coefficient (Wildman–Crippen LogP) is 15.4. The molecule has 1 heterocycles. The summed E-state index contributed by atoms with van der Waals surface area (Å²) >= 11 is 0. The van der Waals surface area contributed by atoms with Crippen molar-refractivity contribution < 1.29 is 23.8 Å². The van der Waals surface area contributed by atoms with Crippen molar-refractivity contribution in [3.05, 3.63) is 108 Å². The molecule has 4 N–H and O–H groups in total. The summed E-state index contributed by atoms with van der Waals surface area (Å²) in [5, 5.41) is 0. The maximum Gasteiger partial charge on any atom is 0.405 e. The number of nitrogens with two attached hydrogens (primary N) is 2. The Balaban J connectivity index is 1.18. The summed E-state index contributed by atoms with van der Waals surface area (Å²) in [6.07, 6.45) is 47.4. The van der Waals surface area contributed by atoms with E-state index < -0.39 is 12.2 Å². The maximum absolute atomic E-state index is 14.1. The van der Waals surface area contributed by atoms with Gasteiger partial charge in [-0.1, -0.05) is 188 Å². The van der Waals surface area contributed by atoms with Crippen molar-refractivity contribution in [3.63, 3.8) is 0 Å². The van der Waals surface area contributed by atoms with Gasteiger partial charge >= 0.3 is 6.09 Å². The second kappa shape index (κ2) is 36.9. The number of hydrogen-bond donors (Lipinski definition) is 2. The topological polar surface area (TPSA) is 117 Å². The lowest BCUT2D eigenvalue weighted by molar-refractivity contribution is -0.140. The number of unbranched alkanes of at least 4 members (excludes halogenated alkanes) is 18. The second-order valence-corrected chi connectivity index (χ2v) is 19.8. The van der Waals surface area contributed by atoms with Gasteiger partial charge in [-0.25, -0.2) is 4.79 Å². The standard InChI is InChI=1S/C61H95N3O5/c1-3-5-7-9-11-13-15-17-19-21-23-25-27-29-31-37-46-67-58-49-64(50-59(58)68-47-38-32-30-28-26-24-22-20-18-16-14-12-10-8-6-4-2)60(65)57(69-61(63)66)45-39-40-51(62)48-56-54-43-35-33-41-52(54)53-42-34-36-44-55(53)56/h11-14,17-20,33-36,41-44,51,56-59H,3-10,15-16,21-32,37-40,45-50,62H2,1-2H3,(H2,63,66)/t51?,57-,58?,59?/m0/s1. The maximum atomic E-state index is 14.1. The summed E-state index contributed by atoms with van der Waals surface area (Å²) in [7, 11) is 0. The highest BCUT2D eigenvalue weighted by Crippen LogP contribution is 2.46. The van der Waals surface area contributed by atoms with Gasteiger partial charge in [-0.05, 0) is 125 Å². The lowest BCUT2D eigenvalue weighted by Gasteiger charge is -2.24. The summed E-state index contributed by atoms with van der Waals surface area (Å²) in [5.41, 5.74) is 17.5. The normalized spacial score (nSPS) is 16.9. The van der Waals surface area contributed by atoms with Crippen molar-refractivity contribution in [2.75, 3.05) is 26.3 Å². The molecular weight excluding hydrogens is 855 g/mol. The lowest BCUT2D eigenvalue weighted by atomic mass is 9.88. The van der Waals surface area contributed by atoms with Crippen LogP contribution in [-0.2, 0) is 19.0 Å². The molecule has 0 bridgehead atoms. The molecule has 1 aliphatic heterocycles. The molecule has 1 saturated heterocycles. The molecule has 1 fully saturated rings. The van der Waals surface area contributed by atoms with Crippen molar-refractivity contribution in [2.45, 2.75) is 224 Å². The molecule has 0 aromatic heterocycles. The number of hydrogen-bond acceptors (Lipinski definition) is 6. The number of primary amides is 1. The molecule has 3 unspecified atom stereocenters. The van der Waals surface area contributed by atoms with E-state index in [4.69, 9.17) is 25.7 Å². The van der Waals surface area contributed by atoms with Gasteiger partial charge in [-0.15, -0.1) is 0 Å². The molecule has 2 aliphatic rings. The van der Waals surface area contributed by atoms with Crippen LogP contribution in [0, 0.1) is 0 Å². The largest absolute Gasteiger partial charge is 0.436 e. The summed E-state index contributed by atoms with van der Waals surface area (Å²) in [6.45, 7) is 6.60. The smallest absolute Gasteiger partial charge is 0.405 e. The van der Waals surface area contributed by atoms with Crippen molar-refractivity contribution >= 4 is 12.0 Å². The molecule has 2 amide bonds. The Morgan fingerprint density at radius 2 is 0.986 bits per heavy atom. The fourth-order valence-corrected chi connectivity index (χ4v) is 9.97. The van der Waals surface area contributed by atoms with Gasteiger partial charge in [0.2, 0.25) is 0 Å². The SMILES string of the molecule is CCCCCC=CCC=CCCCCCCCCOC1CN(C(=O)[C@H](CCCC(N)CC2c3ccccc3-c3ccccc32)OC(N)=O)CC1OCCCCCCCCC=CCC=CCCCCC. The van der Waals surface area contributed by atoms with Crippen molar-refractivity contribution in [3.8, 4) is 11.1 Å². The Kier molecular flexibility index (Phi) is 30.8. The van der Waals surface area contributed by atoms with Crippen molar-refractivity contribution in [1.82, 2.24) is 4.90 Å². The number of amides is 2. The number of nitrogens with zero attached hydrogens (tertiary/aromatic N) is 1. The highest BCUT2D eigenvalue weighted by atomic mass is 16.6. The Bertz CT molecular complexity index is 1680.